The Kier molecular flexibility index (Phi) is 5.66. The molecule has 1 aliphatic rings. The lowest BCUT2D eigenvalue weighted by atomic mass is 10.1. The number of para-hydroxylation sites is 1. The van der Waals surface area contributed by atoms with Gasteiger partial charge in [0.25, 0.3) is 5.91 Å². The lowest BCUT2D eigenvalue weighted by Gasteiger charge is -2.29. The first-order valence-corrected chi connectivity index (χ1v) is 10.2. The molecule has 0 radical (unpaired) electrons. The number of aryl methyl sites for hydroxylation is 1. The summed E-state index contributed by atoms with van der Waals surface area (Å²) in [5.41, 5.74) is 1.95. The van der Waals surface area contributed by atoms with Gasteiger partial charge in [-0.15, -0.1) is 0 Å². The summed E-state index contributed by atoms with van der Waals surface area (Å²) in [6, 6.07) is 12.4. The van der Waals surface area contributed by atoms with Crippen LogP contribution >= 0.6 is 11.3 Å². The molecule has 3 aromatic rings. The zero-order chi connectivity index (χ0) is 19.5. The molecule has 0 N–H and O–H groups in total. The summed E-state index contributed by atoms with van der Waals surface area (Å²) in [6.45, 7) is 6.29. The fourth-order valence-corrected chi connectivity index (χ4v) is 4.31. The molecule has 0 bridgehead atoms. The predicted octanol–water partition coefficient (Wildman–Crippen LogP) is 3.72. The lowest BCUT2D eigenvalue weighted by Crippen LogP contribution is -2.43. The number of anilines is 1. The monoisotopic (exact) mass is 399 g/mol. The number of aromatic nitrogens is 1. The number of nitrogens with zero attached hydrogens (tertiary/aromatic N) is 3. The minimum atomic E-state index is -0.365. The quantitative estimate of drug-likeness (QED) is 0.656. The first-order valence-electron chi connectivity index (χ1n) is 9.35. The molecule has 1 aliphatic heterocycles. The number of halogens is 1. The molecule has 0 spiro atoms. The molecule has 0 aliphatic carbocycles. The van der Waals surface area contributed by atoms with E-state index in [4.69, 9.17) is 4.74 Å². The van der Waals surface area contributed by atoms with E-state index in [9.17, 15) is 9.18 Å². The third-order valence-electron chi connectivity index (χ3n) is 4.84. The van der Waals surface area contributed by atoms with Gasteiger partial charge < -0.3 is 4.74 Å². The van der Waals surface area contributed by atoms with Crippen LogP contribution in [-0.4, -0.2) is 55.2 Å². The summed E-state index contributed by atoms with van der Waals surface area (Å²) < 4.78 is 20.3. The van der Waals surface area contributed by atoms with Crippen molar-refractivity contribution >= 4 is 32.6 Å². The fourth-order valence-electron chi connectivity index (χ4n) is 3.30. The van der Waals surface area contributed by atoms with Crippen molar-refractivity contribution in [3.05, 3.63) is 59.4 Å². The second-order valence-corrected chi connectivity index (χ2v) is 7.87. The highest BCUT2D eigenvalue weighted by Gasteiger charge is 2.23. The second-order valence-electron chi connectivity index (χ2n) is 6.86. The van der Waals surface area contributed by atoms with E-state index in [1.807, 2.05) is 37.3 Å². The van der Waals surface area contributed by atoms with Gasteiger partial charge in [-0.3, -0.25) is 14.6 Å². The van der Waals surface area contributed by atoms with Gasteiger partial charge in [-0.2, -0.15) is 0 Å². The molecule has 0 atom stereocenters. The molecule has 2 heterocycles. The molecule has 7 heteroatoms. The standard InChI is InChI=1S/C21H22FN3O2S/c1-15-4-2-5-16(14-15)20(26)25(9-8-24-10-12-27-13-11-24)21-23-19-17(22)6-3-7-18(19)28-21/h2-7,14H,8-13H2,1H3. The molecule has 146 valence electrons. The van der Waals surface area contributed by atoms with Crippen LogP contribution in [0.15, 0.2) is 42.5 Å². The molecule has 1 saturated heterocycles. The van der Waals surface area contributed by atoms with Crippen LogP contribution in [0, 0.1) is 12.7 Å². The molecular weight excluding hydrogens is 377 g/mol. The molecule has 28 heavy (non-hydrogen) atoms. The Morgan fingerprint density at radius 1 is 1.25 bits per heavy atom. The summed E-state index contributed by atoms with van der Waals surface area (Å²) in [4.78, 5) is 21.7. The van der Waals surface area contributed by atoms with E-state index < -0.39 is 0 Å². The Labute approximate surface area is 167 Å². The van der Waals surface area contributed by atoms with E-state index in [1.54, 1.807) is 11.0 Å². The van der Waals surface area contributed by atoms with Crippen LogP contribution in [0.4, 0.5) is 9.52 Å². The number of benzene rings is 2. The Bertz CT molecular complexity index is 985. The van der Waals surface area contributed by atoms with Gasteiger partial charge in [-0.1, -0.05) is 35.1 Å². The molecule has 1 aromatic heterocycles. The third kappa shape index (κ3) is 4.06. The molecule has 2 aromatic carbocycles. The van der Waals surface area contributed by atoms with E-state index in [2.05, 4.69) is 9.88 Å². The summed E-state index contributed by atoms with van der Waals surface area (Å²) >= 11 is 1.34. The number of rotatable bonds is 5. The van der Waals surface area contributed by atoms with Crippen LogP contribution in [0.1, 0.15) is 15.9 Å². The smallest absolute Gasteiger partial charge is 0.260 e. The van der Waals surface area contributed by atoms with Crippen molar-refractivity contribution in [3.8, 4) is 0 Å². The maximum absolute atomic E-state index is 14.1. The van der Waals surface area contributed by atoms with Crippen molar-refractivity contribution in [2.75, 3.05) is 44.3 Å². The van der Waals surface area contributed by atoms with E-state index >= 15 is 0 Å². The number of fused-ring (bicyclic) bond motifs is 1. The van der Waals surface area contributed by atoms with Gasteiger partial charge >= 0.3 is 0 Å². The minimum Gasteiger partial charge on any atom is -0.379 e. The number of thiazole rings is 1. The average Bonchev–Trinajstić information content (AvgIpc) is 3.14. The third-order valence-corrected chi connectivity index (χ3v) is 5.89. The molecule has 5 nitrogen and oxygen atoms in total. The average molecular weight is 399 g/mol. The molecule has 1 fully saturated rings. The normalized spacial score (nSPS) is 15.1. The number of hydrogen-bond donors (Lipinski definition) is 0. The van der Waals surface area contributed by atoms with Crippen LogP contribution in [-0.2, 0) is 4.74 Å². The highest BCUT2D eigenvalue weighted by Crippen LogP contribution is 2.31. The Morgan fingerprint density at radius 3 is 2.79 bits per heavy atom. The van der Waals surface area contributed by atoms with Crippen molar-refractivity contribution in [1.29, 1.82) is 0 Å². The number of carbonyl (C=O) groups is 1. The number of morpholine rings is 1. The van der Waals surface area contributed by atoms with Crippen molar-refractivity contribution in [3.63, 3.8) is 0 Å². The van der Waals surface area contributed by atoms with Crippen LogP contribution in [0.25, 0.3) is 10.2 Å². The Balaban J connectivity index is 1.65. The molecule has 4 rings (SSSR count). The SMILES string of the molecule is Cc1cccc(C(=O)N(CCN2CCOCC2)c2nc3c(F)cccc3s2)c1. The number of carbonyl (C=O) groups excluding carboxylic acids is 1. The van der Waals surface area contributed by atoms with Gasteiger partial charge in [-0.05, 0) is 31.2 Å². The second kappa shape index (κ2) is 8.34. The minimum absolute atomic E-state index is 0.114. The first-order chi connectivity index (χ1) is 13.6. The van der Waals surface area contributed by atoms with Crippen molar-refractivity contribution in [2.24, 2.45) is 0 Å². The van der Waals surface area contributed by atoms with Crippen LogP contribution in [0.2, 0.25) is 0 Å². The van der Waals surface area contributed by atoms with Gasteiger partial charge in [-0.25, -0.2) is 9.37 Å². The van der Waals surface area contributed by atoms with Crippen LogP contribution in [0.3, 0.4) is 0 Å². The van der Waals surface area contributed by atoms with E-state index in [1.165, 1.54) is 17.4 Å². The van der Waals surface area contributed by atoms with Gasteiger partial charge in [0.2, 0.25) is 0 Å². The van der Waals surface area contributed by atoms with Crippen molar-refractivity contribution in [2.45, 2.75) is 6.92 Å². The van der Waals surface area contributed by atoms with Crippen LogP contribution < -0.4 is 4.90 Å². The van der Waals surface area contributed by atoms with Gasteiger partial charge in [0, 0.05) is 31.7 Å². The van der Waals surface area contributed by atoms with Gasteiger partial charge in [0.05, 0.1) is 17.9 Å². The topological polar surface area (TPSA) is 45.7 Å². The number of ether oxygens (including phenoxy) is 1. The first kappa shape index (κ1) is 19.0. The highest BCUT2D eigenvalue weighted by atomic mass is 32.1. The molecule has 1 amide bonds. The predicted molar refractivity (Wildman–Crippen MR) is 110 cm³/mol. The van der Waals surface area contributed by atoms with Crippen molar-refractivity contribution < 1.29 is 13.9 Å². The molecule has 0 unspecified atom stereocenters. The largest absolute Gasteiger partial charge is 0.379 e. The molecular formula is C21H22FN3O2S. The van der Waals surface area contributed by atoms with E-state index in [0.29, 0.717) is 36.0 Å². The zero-order valence-electron chi connectivity index (χ0n) is 15.7. The van der Waals surface area contributed by atoms with E-state index in [-0.39, 0.29) is 11.7 Å². The van der Waals surface area contributed by atoms with E-state index in [0.717, 1.165) is 29.9 Å². The van der Waals surface area contributed by atoms with Crippen LogP contribution in [0.5, 0.6) is 0 Å². The van der Waals surface area contributed by atoms with Crippen molar-refractivity contribution in [1.82, 2.24) is 9.88 Å². The maximum Gasteiger partial charge on any atom is 0.260 e. The maximum atomic E-state index is 14.1. The summed E-state index contributed by atoms with van der Waals surface area (Å²) in [6.07, 6.45) is 0. The number of amides is 1. The summed E-state index contributed by atoms with van der Waals surface area (Å²) in [5.74, 6) is -0.479. The summed E-state index contributed by atoms with van der Waals surface area (Å²) in [7, 11) is 0. The Hall–Kier alpha value is -2.35. The lowest BCUT2D eigenvalue weighted by molar-refractivity contribution is 0.0391. The number of hydrogen-bond acceptors (Lipinski definition) is 5. The highest BCUT2D eigenvalue weighted by molar-refractivity contribution is 7.22. The summed E-state index contributed by atoms with van der Waals surface area (Å²) in [5, 5.41) is 0.528. The fraction of sp³-hybridized carbons (Fsp3) is 0.333. The Morgan fingerprint density at radius 2 is 2.04 bits per heavy atom. The zero-order valence-corrected chi connectivity index (χ0v) is 16.5. The van der Waals surface area contributed by atoms with Gasteiger partial charge in [0.15, 0.2) is 5.13 Å². The van der Waals surface area contributed by atoms with Gasteiger partial charge in [0.1, 0.15) is 11.3 Å². The molecule has 0 saturated carbocycles.